The Kier molecular flexibility index (Phi) is 3.74. The second-order valence-electron chi connectivity index (χ2n) is 1.64. The highest BCUT2D eigenvalue weighted by molar-refractivity contribution is 5.66. The van der Waals surface area contributed by atoms with Gasteiger partial charge in [-0.25, -0.2) is 4.79 Å². The molecule has 0 radical (unpaired) electrons. The minimum absolute atomic E-state index is 0.149. The van der Waals surface area contributed by atoms with E-state index in [1.165, 1.54) is 6.92 Å². The first-order chi connectivity index (χ1) is 4.16. The van der Waals surface area contributed by atoms with Gasteiger partial charge in [0.2, 0.25) is 0 Å². The van der Waals surface area contributed by atoms with Crippen LogP contribution in [0, 0.1) is 0 Å². The van der Waals surface area contributed by atoms with Crippen LogP contribution in [-0.2, 0) is 4.84 Å². The number of rotatable bonds is 2. The number of aliphatic hydroxyl groups excluding tert-OH is 1. The third-order valence-electron chi connectivity index (χ3n) is 0.649. The minimum atomic E-state index is -0.740. The maximum absolute atomic E-state index is 10.1. The molecule has 0 aromatic carbocycles. The first-order valence-electron chi connectivity index (χ1n) is 2.49. The zero-order valence-corrected chi connectivity index (χ0v) is 5.13. The van der Waals surface area contributed by atoms with Crippen LogP contribution in [-0.4, -0.2) is 23.8 Å². The summed E-state index contributed by atoms with van der Waals surface area (Å²) in [6, 6.07) is 0. The number of nitrogens with two attached hydrogens (primary N) is 1. The van der Waals surface area contributed by atoms with Crippen molar-refractivity contribution < 1.29 is 14.7 Å². The summed E-state index contributed by atoms with van der Waals surface area (Å²) >= 11 is 0. The Morgan fingerprint density at radius 1 is 2.00 bits per heavy atom. The van der Waals surface area contributed by atoms with Crippen molar-refractivity contribution in [2.45, 2.75) is 13.0 Å². The van der Waals surface area contributed by atoms with Crippen molar-refractivity contribution in [2.24, 2.45) is 5.90 Å². The second-order valence-corrected chi connectivity index (χ2v) is 1.64. The van der Waals surface area contributed by atoms with Crippen molar-refractivity contribution in [3.05, 3.63) is 0 Å². The van der Waals surface area contributed by atoms with Crippen LogP contribution in [0.1, 0.15) is 6.92 Å². The highest BCUT2D eigenvalue weighted by Gasteiger charge is 1.99. The first-order valence-corrected chi connectivity index (χ1v) is 2.49. The zero-order valence-electron chi connectivity index (χ0n) is 5.13. The van der Waals surface area contributed by atoms with E-state index >= 15 is 0 Å². The van der Waals surface area contributed by atoms with Gasteiger partial charge in [0.25, 0.3) is 0 Å². The van der Waals surface area contributed by atoms with Gasteiger partial charge in [0.1, 0.15) is 0 Å². The molecule has 5 nitrogen and oxygen atoms in total. The average Bonchev–Trinajstić information content (AvgIpc) is 1.83. The van der Waals surface area contributed by atoms with Crippen LogP contribution < -0.4 is 11.2 Å². The van der Waals surface area contributed by atoms with Gasteiger partial charge in [-0.05, 0) is 6.92 Å². The van der Waals surface area contributed by atoms with E-state index in [1.807, 2.05) is 0 Å². The monoisotopic (exact) mass is 134 g/mol. The molecule has 0 aliphatic rings. The Morgan fingerprint density at radius 3 is 2.89 bits per heavy atom. The molecule has 54 valence electrons. The summed E-state index contributed by atoms with van der Waals surface area (Å²) in [4.78, 5) is 13.9. The van der Waals surface area contributed by atoms with E-state index in [0.29, 0.717) is 0 Å². The molecule has 0 aliphatic heterocycles. The lowest BCUT2D eigenvalue weighted by Crippen LogP contribution is -2.32. The molecule has 1 atom stereocenters. The Hall–Kier alpha value is -0.810. The predicted octanol–water partition coefficient (Wildman–Crippen LogP) is -1.03. The molecule has 0 spiro atoms. The quantitative estimate of drug-likeness (QED) is 0.421. The van der Waals surface area contributed by atoms with Gasteiger partial charge in [0.15, 0.2) is 0 Å². The molecule has 0 bridgehead atoms. The van der Waals surface area contributed by atoms with Crippen LogP contribution in [0.2, 0.25) is 0 Å². The smallest absolute Gasteiger partial charge is 0.392 e. The van der Waals surface area contributed by atoms with Gasteiger partial charge < -0.3 is 15.3 Å². The van der Waals surface area contributed by atoms with E-state index in [9.17, 15) is 4.79 Å². The van der Waals surface area contributed by atoms with Crippen LogP contribution in [0.25, 0.3) is 0 Å². The topological polar surface area (TPSA) is 84.6 Å². The van der Waals surface area contributed by atoms with Gasteiger partial charge in [0, 0.05) is 6.54 Å². The van der Waals surface area contributed by atoms with Gasteiger partial charge in [0.05, 0.1) is 6.10 Å². The third-order valence-corrected chi connectivity index (χ3v) is 0.649. The zero-order chi connectivity index (χ0) is 7.28. The van der Waals surface area contributed by atoms with Crippen molar-refractivity contribution in [2.75, 3.05) is 6.54 Å². The molecular formula is C4H10N2O3. The maximum atomic E-state index is 10.1. The fraction of sp³-hybridized carbons (Fsp3) is 0.750. The molecule has 0 saturated carbocycles. The fourth-order valence-corrected chi connectivity index (χ4v) is 0.273. The van der Waals surface area contributed by atoms with Gasteiger partial charge in [-0.3, -0.25) is 0 Å². The summed E-state index contributed by atoms with van der Waals surface area (Å²) in [6.45, 7) is 1.69. The molecule has 5 heteroatoms. The van der Waals surface area contributed by atoms with E-state index in [2.05, 4.69) is 16.1 Å². The summed E-state index contributed by atoms with van der Waals surface area (Å²) in [5.74, 6) is 4.46. The highest BCUT2D eigenvalue weighted by atomic mass is 16.7. The maximum Gasteiger partial charge on any atom is 0.425 e. The standard InChI is InChI=1S/C4H10N2O3/c1-3(7)2-6-4(8)9-5/h3,7H,2,5H2,1H3,(H,6,8). The molecular weight excluding hydrogens is 124 g/mol. The van der Waals surface area contributed by atoms with Gasteiger partial charge >= 0.3 is 6.09 Å². The van der Waals surface area contributed by atoms with Gasteiger partial charge in [-0.15, -0.1) is 0 Å². The highest BCUT2D eigenvalue weighted by Crippen LogP contribution is 1.74. The summed E-state index contributed by atoms with van der Waals surface area (Å²) < 4.78 is 0. The number of nitrogens with one attached hydrogen (secondary N) is 1. The number of amides is 1. The molecule has 0 rings (SSSR count). The van der Waals surface area contributed by atoms with Crippen molar-refractivity contribution in [1.82, 2.24) is 5.32 Å². The Balaban J connectivity index is 3.17. The van der Waals surface area contributed by atoms with Crippen LogP contribution in [0.4, 0.5) is 4.79 Å². The van der Waals surface area contributed by atoms with E-state index in [-0.39, 0.29) is 6.54 Å². The van der Waals surface area contributed by atoms with Crippen LogP contribution in [0.15, 0.2) is 0 Å². The number of aliphatic hydroxyl groups is 1. The predicted molar refractivity (Wildman–Crippen MR) is 30.4 cm³/mol. The molecule has 0 aromatic rings. The van der Waals surface area contributed by atoms with E-state index in [0.717, 1.165) is 0 Å². The lowest BCUT2D eigenvalue weighted by Gasteiger charge is -2.03. The van der Waals surface area contributed by atoms with Crippen molar-refractivity contribution >= 4 is 6.09 Å². The fourth-order valence-electron chi connectivity index (χ4n) is 0.273. The molecule has 0 saturated heterocycles. The third kappa shape index (κ3) is 5.05. The summed E-state index contributed by atoms with van der Waals surface area (Å²) in [7, 11) is 0. The van der Waals surface area contributed by atoms with E-state index in [1.54, 1.807) is 0 Å². The largest absolute Gasteiger partial charge is 0.425 e. The molecule has 0 heterocycles. The van der Waals surface area contributed by atoms with Crippen LogP contribution >= 0.6 is 0 Å². The number of hydrogen-bond acceptors (Lipinski definition) is 4. The van der Waals surface area contributed by atoms with Gasteiger partial charge in [-0.2, -0.15) is 5.90 Å². The van der Waals surface area contributed by atoms with Crippen molar-refractivity contribution in [3.63, 3.8) is 0 Å². The molecule has 0 fully saturated rings. The molecule has 9 heavy (non-hydrogen) atoms. The summed E-state index contributed by atoms with van der Waals surface area (Å²) in [5.41, 5.74) is 0. The van der Waals surface area contributed by atoms with Crippen LogP contribution in [0.3, 0.4) is 0 Å². The SMILES string of the molecule is CC(O)CNC(=O)ON. The molecule has 1 amide bonds. The Morgan fingerprint density at radius 2 is 2.56 bits per heavy atom. The van der Waals surface area contributed by atoms with Crippen molar-refractivity contribution in [3.8, 4) is 0 Å². The number of carbonyl (C=O) groups excluding carboxylic acids is 1. The number of hydrogen-bond donors (Lipinski definition) is 3. The van der Waals surface area contributed by atoms with E-state index < -0.39 is 12.2 Å². The lowest BCUT2D eigenvalue weighted by atomic mass is 10.4. The molecule has 1 unspecified atom stereocenters. The Bertz CT molecular complexity index is 93.8. The summed E-state index contributed by atoms with van der Waals surface area (Å²) in [5, 5.41) is 10.8. The van der Waals surface area contributed by atoms with E-state index in [4.69, 9.17) is 5.11 Å². The molecule has 0 aliphatic carbocycles. The van der Waals surface area contributed by atoms with Crippen molar-refractivity contribution in [1.29, 1.82) is 0 Å². The average molecular weight is 134 g/mol. The molecule has 4 N–H and O–H groups in total. The summed E-state index contributed by atoms with van der Waals surface area (Å²) in [6.07, 6.45) is -1.32. The lowest BCUT2D eigenvalue weighted by molar-refractivity contribution is 0.136. The van der Waals surface area contributed by atoms with Gasteiger partial charge in [-0.1, -0.05) is 0 Å². The molecule has 0 aromatic heterocycles. The first kappa shape index (κ1) is 8.19. The number of carbonyl (C=O) groups is 1. The Labute approximate surface area is 52.7 Å². The normalized spacial score (nSPS) is 12.3. The minimum Gasteiger partial charge on any atom is -0.392 e. The van der Waals surface area contributed by atoms with Crippen LogP contribution in [0.5, 0.6) is 0 Å². The second kappa shape index (κ2) is 4.11.